The average Bonchev–Trinajstić information content (AvgIpc) is 2.82. The predicted molar refractivity (Wildman–Crippen MR) is 71.0 cm³/mol. The fourth-order valence-corrected chi connectivity index (χ4v) is 3.10. The van der Waals surface area contributed by atoms with Crippen molar-refractivity contribution in [3.05, 3.63) is 35.6 Å². The SMILES string of the molecule is CN(C)C1(C(O)Cc2ccc(F)cc2)CCCC1. The van der Waals surface area contributed by atoms with Crippen LogP contribution in [0.2, 0.25) is 0 Å². The first kappa shape index (κ1) is 13.5. The van der Waals surface area contributed by atoms with Gasteiger partial charge in [-0.3, -0.25) is 0 Å². The normalized spacial score (nSPS) is 20.3. The van der Waals surface area contributed by atoms with E-state index in [0.29, 0.717) is 6.42 Å². The van der Waals surface area contributed by atoms with Crippen molar-refractivity contribution in [1.82, 2.24) is 4.90 Å². The third-order valence-corrected chi connectivity index (χ3v) is 4.32. The molecule has 1 N–H and O–H groups in total. The monoisotopic (exact) mass is 251 g/mol. The highest BCUT2D eigenvalue weighted by Gasteiger charge is 2.42. The first-order chi connectivity index (χ1) is 8.54. The zero-order chi connectivity index (χ0) is 13.2. The van der Waals surface area contributed by atoms with Gasteiger partial charge in [-0.15, -0.1) is 0 Å². The zero-order valence-corrected chi connectivity index (χ0v) is 11.2. The minimum atomic E-state index is -0.388. The van der Waals surface area contributed by atoms with E-state index in [2.05, 4.69) is 4.90 Å². The Labute approximate surface area is 108 Å². The van der Waals surface area contributed by atoms with Crippen LogP contribution in [0.4, 0.5) is 4.39 Å². The molecule has 18 heavy (non-hydrogen) atoms. The van der Waals surface area contributed by atoms with Crippen molar-refractivity contribution in [3.63, 3.8) is 0 Å². The van der Waals surface area contributed by atoms with E-state index in [0.717, 1.165) is 18.4 Å². The summed E-state index contributed by atoms with van der Waals surface area (Å²) in [4.78, 5) is 2.16. The van der Waals surface area contributed by atoms with Gasteiger partial charge < -0.3 is 10.0 Å². The number of aliphatic hydroxyl groups is 1. The summed E-state index contributed by atoms with van der Waals surface area (Å²) in [6.07, 6.45) is 4.65. The van der Waals surface area contributed by atoms with E-state index in [1.807, 2.05) is 14.1 Å². The summed E-state index contributed by atoms with van der Waals surface area (Å²) in [5, 5.41) is 10.6. The Hall–Kier alpha value is -0.930. The van der Waals surface area contributed by atoms with Crippen molar-refractivity contribution >= 4 is 0 Å². The minimum absolute atomic E-state index is 0.103. The molecule has 1 atom stereocenters. The summed E-state index contributed by atoms with van der Waals surface area (Å²) in [5.41, 5.74) is 0.894. The van der Waals surface area contributed by atoms with Crippen LogP contribution in [-0.2, 0) is 6.42 Å². The van der Waals surface area contributed by atoms with Crippen LogP contribution in [0.15, 0.2) is 24.3 Å². The number of hydrogen-bond acceptors (Lipinski definition) is 2. The van der Waals surface area contributed by atoms with E-state index in [1.165, 1.54) is 25.0 Å². The summed E-state index contributed by atoms with van der Waals surface area (Å²) < 4.78 is 12.9. The third-order valence-electron chi connectivity index (χ3n) is 4.32. The lowest BCUT2D eigenvalue weighted by Crippen LogP contribution is -2.52. The number of likely N-dealkylation sites (N-methyl/N-ethyl adjacent to an activating group) is 1. The lowest BCUT2D eigenvalue weighted by Gasteiger charge is -2.40. The maximum atomic E-state index is 12.9. The fourth-order valence-electron chi connectivity index (χ4n) is 3.10. The number of aliphatic hydroxyl groups excluding tert-OH is 1. The van der Waals surface area contributed by atoms with Crippen LogP contribution in [0, 0.1) is 5.82 Å². The molecule has 100 valence electrons. The van der Waals surface area contributed by atoms with Crippen LogP contribution in [-0.4, -0.2) is 35.7 Å². The molecular formula is C15H22FNO. The molecule has 1 aromatic rings. The first-order valence-electron chi connectivity index (χ1n) is 6.64. The Morgan fingerprint density at radius 2 is 1.78 bits per heavy atom. The topological polar surface area (TPSA) is 23.5 Å². The molecule has 1 unspecified atom stereocenters. The van der Waals surface area contributed by atoms with Crippen molar-refractivity contribution < 1.29 is 9.50 Å². The van der Waals surface area contributed by atoms with Crippen LogP contribution in [0.25, 0.3) is 0 Å². The van der Waals surface area contributed by atoms with Gasteiger partial charge in [0.05, 0.1) is 6.10 Å². The van der Waals surface area contributed by atoms with Crippen LogP contribution in [0.5, 0.6) is 0 Å². The molecule has 0 saturated heterocycles. The van der Waals surface area contributed by atoms with Gasteiger partial charge in [-0.05, 0) is 44.6 Å². The van der Waals surface area contributed by atoms with Crippen LogP contribution >= 0.6 is 0 Å². The second-order valence-electron chi connectivity index (χ2n) is 5.55. The van der Waals surface area contributed by atoms with Gasteiger partial charge in [-0.1, -0.05) is 25.0 Å². The van der Waals surface area contributed by atoms with Gasteiger partial charge in [0.15, 0.2) is 0 Å². The van der Waals surface area contributed by atoms with E-state index < -0.39 is 0 Å². The molecule has 0 radical (unpaired) electrons. The van der Waals surface area contributed by atoms with Gasteiger partial charge in [0.25, 0.3) is 0 Å². The van der Waals surface area contributed by atoms with Crippen LogP contribution in [0.3, 0.4) is 0 Å². The molecular weight excluding hydrogens is 229 g/mol. The summed E-state index contributed by atoms with van der Waals surface area (Å²) in [6, 6.07) is 6.44. The molecule has 1 aromatic carbocycles. The fraction of sp³-hybridized carbons (Fsp3) is 0.600. The van der Waals surface area contributed by atoms with Gasteiger partial charge >= 0.3 is 0 Å². The molecule has 2 nitrogen and oxygen atoms in total. The lowest BCUT2D eigenvalue weighted by molar-refractivity contribution is -0.00251. The molecule has 2 rings (SSSR count). The largest absolute Gasteiger partial charge is 0.391 e. The molecule has 1 saturated carbocycles. The smallest absolute Gasteiger partial charge is 0.123 e. The molecule has 0 bridgehead atoms. The molecule has 1 fully saturated rings. The molecule has 0 heterocycles. The Morgan fingerprint density at radius 1 is 1.22 bits per heavy atom. The van der Waals surface area contributed by atoms with Gasteiger partial charge in [0, 0.05) is 12.0 Å². The summed E-state index contributed by atoms with van der Waals surface area (Å²) in [7, 11) is 4.08. The van der Waals surface area contributed by atoms with E-state index in [9.17, 15) is 9.50 Å². The lowest BCUT2D eigenvalue weighted by atomic mass is 9.85. The van der Waals surface area contributed by atoms with Gasteiger partial charge in [-0.25, -0.2) is 4.39 Å². The van der Waals surface area contributed by atoms with Crippen molar-refractivity contribution in [2.45, 2.75) is 43.7 Å². The van der Waals surface area contributed by atoms with Gasteiger partial charge in [0.1, 0.15) is 5.82 Å². The number of benzene rings is 1. The van der Waals surface area contributed by atoms with E-state index in [4.69, 9.17) is 0 Å². The summed E-state index contributed by atoms with van der Waals surface area (Å²) in [5.74, 6) is -0.226. The minimum Gasteiger partial charge on any atom is -0.391 e. The Balaban J connectivity index is 2.10. The molecule has 1 aliphatic rings. The Morgan fingerprint density at radius 3 is 2.28 bits per heavy atom. The van der Waals surface area contributed by atoms with Crippen molar-refractivity contribution in [3.8, 4) is 0 Å². The van der Waals surface area contributed by atoms with E-state index in [1.54, 1.807) is 12.1 Å². The first-order valence-corrected chi connectivity index (χ1v) is 6.64. The molecule has 0 spiro atoms. The maximum absolute atomic E-state index is 12.9. The van der Waals surface area contributed by atoms with E-state index >= 15 is 0 Å². The van der Waals surface area contributed by atoms with Gasteiger partial charge in [-0.2, -0.15) is 0 Å². The van der Waals surface area contributed by atoms with Crippen molar-refractivity contribution in [2.24, 2.45) is 0 Å². The standard InChI is InChI=1S/C15H22FNO/c1-17(2)15(9-3-4-10-15)14(18)11-12-5-7-13(16)8-6-12/h5-8,14,18H,3-4,9-11H2,1-2H3. The summed E-state index contributed by atoms with van der Waals surface area (Å²) in [6.45, 7) is 0. The Bertz CT molecular complexity index is 382. The number of halogens is 1. The number of rotatable bonds is 4. The van der Waals surface area contributed by atoms with Crippen molar-refractivity contribution in [1.29, 1.82) is 0 Å². The van der Waals surface area contributed by atoms with E-state index in [-0.39, 0.29) is 17.5 Å². The second-order valence-corrected chi connectivity index (χ2v) is 5.55. The molecule has 0 aromatic heterocycles. The molecule has 3 heteroatoms. The highest BCUT2D eigenvalue weighted by atomic mass is 19.1. The number of hydrogen-bond donors (Lipinski definition) is 1. The number of nitrogens with zero attached hydrogens (tertiary/aromatic N) is 1. The third kappa shape index (κ3) is 2.57. The molecule has 1 aliphatic carbocycles. The second kappa shape index (κ2) is 5.37. The Kier molecular flexibility index (Phi) is 4.03. The average molecular weight is 251 g/mol. The maximum Gasteiger partial charge on any atom is 0.123 e. The van der Waals surface area contributed by atoms with Crippen LogP contribution in [0.1, 0.15) is 31.2 Å². The highest BCUT2D eigenvalue weighted by molar-refractivity contribution is 5.18. The predicted octanol–water partition coefficient (Wildman–Crippen LogP) is 2.60. The quantitative estimate of drug-likeness (QED) is 0.889. The summed E-state index contributed by atoms with van der Waals surface area (Å²) >= 11 is 0. The van der Waals surface area contributed by atoms with Crippen molar-refractivity contribution in [2.75, 3.05) is 14.1 Å². The molecule has 0 aliphatic heterocycles. The van der Waals surface area contributed by atoms with Gasteiger partial charge in [0.2, 0.25) is 0 Å². The zero-order valence-electron chi connectivity index (χ0n) is 11.2. The molecule has 0 amide bonds. The highest BCUT2D eigenvalue weighted by Crippen LogP contribution is 2.37. The van der Waals surface area contributed by atoms with Crippen LogP contribution < -0.4 is 0 Å².